The lowest BCUT2D eigenvalue weighted by molar-refractivity contribution is 0.197. The molecule has 0 aliphatic carbocycles. The van der Waals surface area contributed by atoms with E-state index in [1.54, 1.807) is 24.4 Å². The first kappa shape index (κ1) is 16.5. The lowest BCUT2D eigenvalue weighted by Gasteiger charge is -2.38. The molecule has 0 amide bonds. The topological polar surface area (TPSA) is 62.6 Å². The van der Waals surface area contributed by atoms with Gasteiger partial charge in [0.05, 0.1) is 18.1 Å². The highest BCUT2D eigenvalue weighted by molar-refractivity contribution is 7.89. The summed E-state index contributed by atoms with van der Waals surface area (Å²) in [5.74, 6) is 1.27. The fraction of sp³-hybridized carbons (Fsp3) is 0.733. The molecule has 0 bridgehead atoms. The van der Waals surface area contributed by atoms with E-state index in [2.05, 4.69) is 12.2 Å². The van der Waals surface area contributed by atoms with Crippen molar-refractivity contribution in [2.24, 2.45) is 5.92 Å². The Morgan fingerprint density at radius 2 is 2.24 bits per heavy atom. The predicted molar refractivity (Wildman–Crippen MR) is 83.4 cm³/mol. The van der Waals surface area contributed by atoms with Crippen LogP contribution in [0.3, 0.4) is 0 Å². The van der Waals surface area contributed by atoms with Gasteiger partial charge in [-0.15, -0.1) is 0 Å². The van der Waals surface area contributed by atoms with Crippen molar-refractivity contribution in [3.05, 3.63) is 24.2 Å². The highest BCUT2D eigenvalue weighted by Gasteiger charge is 2.35. The predicted octanol–water partition coefficient (Wildman–Crippen LogP) is 2.21. The molecule has 1 aromatic heterocycles. The van der Waals surface area contributed by atoms with Gasteiger partial charge in [0.25, 0.3) is 0 Å². The number of piperidine rings is 1. The molecule has 6 heteroatoms. The van der Waals surface area contributed by atoms with Crippen molar-refractivity contribution in [1.29, 1.82) is 0 Å². The van der Waals surface area contributed by atoms with Crippen molar-refractivity contribution in [3.63, 3.8) is 0 Å². The zero-order chi connectivity index (χ0) is 15.5. The zero-order valence-corrected chi connectivity index (χ0v) is 13.9. The van der Waals surface area contributed by atoms with E-state index in [1.165, 1.54) is 0 Å². The largest absolute Gasteiger partial charge is 0.468 e. The van der Waals surface area contributed by atoms with Gasteiger partial charge >= 0.3 is 0 Å². The number of hydrogen-bond donors (Lipinski definition) is 1. The van der Waals surface area contributed by atoms with Crippen molar-refractivity contribution in [1.82, 2.24) is 9.62 Å². The van der Waals surface area contributed by atoms with Crippen LogP contribution in [0.4, 0.5) is 0 Å². The summed E-state index contributed by atoms with van der Waals surface area (Å²) in [7, 11) is -3.14. The SMILES string of the molecule is CC[C@H]1CN(S(=O)(=O)C(C)C)CC[C@H]1NCc1ccco1. The van der Waals surface area contributed by atoms with E-state index in [9.17, 15) is 8.42 Å². The Morgan fingerprint density at radius 3 is 2.81 bits per heavy atom. The van der Waals surface area contributed by atoms with Crippen LogP contribution in [0, 0.1) is 5.92 Å². The van der Waals surface area contributed by atoms with E-state index < -0.39 is 10.0 Å². The number of rotatable bonds is 6. The first-order chi connectivity index (χ1) is 9.95. The summed E-state index contributed by atoms with van der Waals surface area (Å²) in [6, 6.07) is 4.18. The van der Waals surface area contributed by atoms with Gasteiger partial charge in [-0.1, -0.05) is 13.3 Å². The molecule has 1 aliphatic heterocycles. The molecule has 1 saturated heterocycles. The van der Waals surface area contributed by atoms with Gasteiger partial charge in [0.15, 0.2) is 0 Å². The number of nitrogens with zero attached hydrogens (tertiary/aromatic N) is 1. The van der Waals surface area contributed by atoms with Crippen LogP contribution in [0.2, 0.25) is 0 Å². The van der Waals surface area contributed by atoms with Gasteiger partial charge in [0, 0.05) is 19.1 Å². The van der Waals surface area contributed by atoms with Gasteiger partial charge in [-0.05, 0) is 38.3 Å². The molecule has 5 nitrogen and oxygen atoms in total. The van der Waals surface area contributed by atoms with Gasteiger partial charge < -0.3 is 9.73 Å². The average molecular weight is 314 g/mol. The molecule has 0 saturated carbocycles. The Balaban J connectivity index is 1.95. The molecule has 1 aromatic rings. The second kappa shape index (κ2) is 6.94. The minimum Gasteiger partial charge on any atom is -0.468 e. The number of nitrogens with one attached hydrogen (secondary N) is 1. The van der Waals surface area contributed by atoms with Crippen molar-refractivity contribution >= 4 is 10.0 Å². The van der Waals surface area contributed by atoms with E-state index in [0.29, 0.717) is 31.6 Å². The lowest BCUT2D eigenvalue weighted by Crippen LogP contribution is -2.51. The first-order valence-corrected chi connectivity index (χ1v) is 9.20. The number of furan rings is 1. The fourth-order valence-electron chi connectivity index (χ4n) is 2.86. The first-order valence-electron chi connectivity index (χ1n) is 7.69. The van der Waals surface area contributed by atoms with Crippen LogP contribution in [0.15, 0.2) is 22.8 Å². The van der Waals surface area contributed by atoms with Gasteiger partial charge in [0.2, 0.25) is 10.0 Å². The molecule has 2 heterocycles. The van der Waals surface area contributed by atoms with Crippen molar-refractivity contribution in [2.45, 2.75) is 51.4 Å². The second-order valence-corrected chi connectivity index (χ2v) is 8.46. The maximum absolute atomic E-state index is 12.3. The summed E-state index contributed by atoms with van der Waals surface area (Å²) in [5, 5.41) is 3.17. The Hall–Kier alpha value is -0.850. The number of hydrogen-bond acceptors (Lipinski definition) is 4. The summed E-state index contributed by atoms with van der Waals surface area (Å²) in [5.41, 5.74) is 0. The molecule has 1 fully saturated rings. The summed E-state index contributed by atoms with van der Waals surface area (Å²) in [6.45, 7) is 7.54. The van der Waals surface area contributed by atoms with Crippen LogP contribution < -0.4 is 5.32 Å². The molecule has 2 rings (SSSR count). The Morgan fingerprint density at radius 1 is 1.48 bits per heavy atom. The van der Waals surface area contributed by atoms with Gasteiger partial charge in [-0.3, -0.25) is 0 Å². The normalized spacial score (nSPS) is 24.6. The molecule has 1 N–H and O–H groups in total. The summed E-state index contributed by atoms with van der Waals surface area (Å²) in [4.78, 5) is 0. The average Bonchev–Trinajstić information content (AvgIpc) is 2.97. The van der Waals surface area contributed by atoms with Crippen LogP contribution in [0.5, 0.6) is 0 Å². The van der Waals surface area contributed by atoms with Crippen LogP contribution in [-0.4, -0.2) is 37.1 Å². The molecule has 0 unspecified atom stereocenters. The molecular formula is C15H26N2O3S. The standard InChI is InChI=1S/C15H26N2O3S/c1-4-13-11-17(21(18,19)12(2)3)8-7-15(13)16-10-14-6-5-9-20-14/h5-6,9,12-13,15-16H,4,7-8,10-11H2,1-3H3/t13-,15+/m0/s1. The van der Waals surface area contributed by atoms with Crippen LogP contribution in [0.25, 0.3) is 0 Å². The maximum Gasteiger partial charge on any atom is 0.216 e. The van der Waals surface area contributed by atoms with E-state index >= 15 is 0 Å². The van der Waals surface area contributed by atoms with E-state index in [-0.39, 0.29) is 5.25 Å². The highest BCUT2D eigenvalue weighted by atomic mass is 32.2. The molecule has 0 aromatic carbocycles. The molecule has 0 radical (unpaired) electrons. The molecule has 21 heavy (non-hydrogen) atoms. The van der Waals surface area contributed by atoms with E-state index in [0.717, 1.165) is 18.6 Å². The Bertz CT molecular complexity index is 525. The third-order valence-electron chi connectivity index (χ3n) is 4.30. The van der Waals surface area contributed by atoms with Crippen molar-refractivity contribution in [3.8, 4) is 0 Å². The van der Waals surface area contributed by atoms with Gasteiger partial charge in [-0.2, -0.15) is 0 Å². The monoisotopic (exact) mass is 314 g/mol. The minimum absolute atomic E-state index is 0.345. The highest BCUT2D eigenvalue weighted by Crippen LogP contribution is 2.24. The summed E-state index contributed by atoms with van der Waals surface area (Å²) < 4.78 is 31.6. The van der Waals surface area contributed by atoms with E-state index in [4.69, 9.17) is 4.42 Å². The Labute approximate surface area is 127 Å². The minimum atomic E-state index is -3.14. The van der Waals surface area contributed by atoms with Gasteiger partial charge in [-0.25, -0.2) is 12.7 Å². The number of sulfonamides is 1. The third kappa shape index (κ3) is 3.87. The van der Waals surface area contributed by atoms with Crippen LogP contribution >= 0.6 is 0 Å². The third-order valence-corrected chi connectivity index (χ3v) is 6.54. The quantitative estimate of drug-likeness (QED) is 0.874. The fourth-order valence-corrected chi connectivity index (χ4v) is 4.21. The van der Waals surface area contributed by atoms with E-state index in [1.807, 2.05) is 12.1 Å². The van der Waals surface area contributed by atoms with Crippen molar-refractivity contribution in [2.75, 3.05) is 13.1 Å². The molecular weight excluding hydrogens is 288 g/mol. The molecule has 2 atom stereocenters. The zero-order valence-electron chi connectivity index (χ0n) is 13.1. The Kier molecular flexibility index (Phi) is 5.46. The summed E-state index contributed by atoms with van der Waals surface area (Å²) in [6.07, 6.45) is 3.50. The second-order valence-electron chi connectivity index (χ2n) is 5.98. The molecule has 1 aliphatic rings. The van der Waals surface area contributed by atoms with Crippen LogP contribution in [0.1, 0.15) is 39.4 Å². The summed E-state index contributed by atoms with van der Waals surface area (Å²) >= 11 is 0. The molecule has 120 valence electrons. The molecule has 0 spiro atoms. The maximum atomic E-state index is 12.3. The van der Waals surface area contributed by atoms with Gasteiger partial charge in [0.1, 0.15) is 5.76 Å². The lowest BCUT2D eigenvalue weighted by atomic mass is 9.91. The van der Waals surface area contributed by atoms with Crippen molar-refractivity contribution < 1.29 is 12.8 Å². The smallest absolute Gasteiger partial charge is 0.216 e. The van der Waals surface area contributed by atoms with Crippen LogP contribution in [-0.2, 0) is 16.6 Å².